The van der Waals surface area contributed by atoms with Crippen molar-refractivity contribution in [1.29, 1.82) is 0 Å². The van der Waals surface area contributed by atoms with Gasteiger partial charge in [0.05, 0.1) is 0 Å². The Morgan fingerprint density at radius 2 is 1.79 bits per heavy atom. The van der Waals surface area contributed by atoms with Gasteiger partial charge in [-0.15, -0.1) is 0 Å². The summed E-state index contributed by atoms with van der Waals surface area (Å²) < 4.78 is 0. The molecule has 0 bridgehead atoms. The summed E-state index contributed by atoms with van der Waals surface area (Å²) in [5.74, 6) is 0.343. The predicted octanol–water partition coefficient (Wildman–Crippen LogP) is 1.84. The quantitative estimate of drug-likeness (QED) is 0.684. The topological polar surface area (TPSA) is 49.6 Å². The van der Waals surface area contributed by atoms with Crippen molar-refractivity contribution in [3.8, 4) is 0 Å². The predicted molar refractivity (Wildman–Crippen MR) is 80.0 cm³/mol. The Labute approximate surface area is 118 Å². The van der Waals surface area contributed by atoms with Gasteiger partial charge in [0, 0.05) is 25.6 Å². The number of piperidine rings is 1. The van der Waals surface area contributed by atoms with Gasteiger partial charge in [0.25, 0.3) is 0 Å². The maximum absolute atomic E-state index is 12.1. The van der Waals surface area contributed by atoms with Gasteiger partial charge in [-0.25, -0.2) is 0 Å². The van der Waals surface area contributed by atoms with E-state index in [1.165, 1.54) is 0 Å². The molecule has 0 aromatic rings. The molecule has 1 amide bonds. The number of nitrogens with two attached hydrogens (primary N) is 1. The van der Waals surface area contributed by atoms with Crippen molar-refractivity contribution in [2.24, 2.45) is 5.73 Å². The second-order valence-electron chi connectivity index (χ2n) is 5.43. The number of nitrogens with zero attached hydrogens (tertiary/aromatic N) is 2. The van der Waals surface area contributed by atoms with Crippen LogP contribution in [0.3, 0.4) is 0 Å². The fourth-order valence-corrected chi connectivity index (χ4v) is 2.98. The summed E-state index contributed by atoms with van der Waals surface area (Å²) in [4.78, 5) is 16.6. The normalized spacial score (nSPS) is 17.2. The minimum atomic E-state index is 0.343. The SMILES string of the molecule is CCN(CC)C1CCN(C(=O)CCCCCN)CC1. The number of rotatable bonds is 8. The zero-order valence-electron chi connectivity index (χ0n) is 12.7. The van der Waals surface area contributed by atoms with Crippen LogP contribution >= 0.6 is 0 Å². The summed E-state index contributed by atoms with van der Waals surface area (Å²) in [6.45, 7) is 9.30. The molecular formula is C15H31N3O. The van der Waals surface area contributed by atoms with Gasteiger partial charge in [0.15, 0.2) is 0 Å². The molecule has 4 nitrogen and oxygen atoms in total. The van der Waals surface area contributed by atoms with Crippen molar-refractivity contribution in [1.82, 2.24) is 9.80 Å². The number of unbranched alkanes of at least 4 members (excludes halogenated alkanes) is 2. The van der Waals surface area contributed by atoms with Crippen LogP contribution in [0.2, 0.25) is 0 Å². The van der Waals surface area contributed by atoms with E-state index in [0.717, 1.165) is 64.8 Å². The molecule has 1 heterocycles. The monoisotopic (exact) mass is 269 g/mol. The largest absolute Gasteiger partial charge is 0.343 e. The smallest absolute Gasteiger partial charge is 0.222 e. The summed E-state index contributed by atoms with van der Waals surface area (Å²) in [5.41, 5.74) is 5.46. The van der Waals surface area contributed by atoms with E-state index >= 15 is 0 Å². The van der Waals surface area contributed by atoms with Crippen LogP contribution in [0.5, 0.6) is 0 Å². The fourth-order valence-electron chi connectivity index (χ4n) is 2.98. The van der Waals surface area contributed by atoms with Crippen LogP contribution in [0.4, 0.5) is 0 Å². The van der Waals surface area contributed by atoms with Gasteiger partial charge < -0.3 is 15.5 Å². The van der Waals surface area contributed by atoms with Crippen LogP contribution in [0, 0.1) is 0 Å². The van der Waals surface area contributed by atoms with E-state index in [1.807, 2.05) is 0 Å². The van der Waals surface area contributed by atoms with Gasteiger partial charge in [-0.05, 0) is 45.3 Å². The molecule has 1 saturated heterocycles. The molecule has 0 aromatic heterocycles. The van der Waals surface area contributed by atoms with Crippen LogP contribution in [0.25, 0.3) is 0 Å². The molecule has 0 atom stereocenters. The molecule has 0 unspecified atom stereocenters. The van der Waals surface area contributed by atoms with Gasteiger partial charge in [0.2, 0.25) is 5.91 Å². The summed E-state index contributed by atoms with van der Waals surface area (Å²) in [7, 11) is 0. The van der Waals surface area contributed by atoms with Gasteiger partial charge in [-0.2, -0.15) is 0 Å². The number of amides is 1. The molecule has 1 aliphatic heterocycles. The van der Waals surface area contributed by atoms with Crippen LogP contribution in [-0.2, 0) is 4.79 Å². The maximum atomic E-state index is 12.1. The third kappa shape index (κ3) is 5.49. The van der Waals surface area contributed by atoms with Crippen LogP contribution in [0.15, 0.2) is 0 Å². The highest BCUT2D eigenvalue weighted by Crippen LogP contribution is 2.17. The fraction of sp³-hybridized carbons (Fsp3) is 0.933. The highest BCUT2D eigenvalue weighted by molar-refractivity contribution is 5.76. The molecule has 112 valence electrons. The van der Waals surface area contributed by atoms with Crippen molar-refractivity contribution in [3.63, 3.8) is 0 Å². The van der Waals surface area contributed by atoms with Crippen LogP contribution in [0.1, 0.15) is 52.4 Å². The molecule has 19 heavy (non-hydrogen) atoms. The van der Waals surface area contributed by atoms with Gasteiger partial charge in [-0.3, -0.25) is 4.79 Å². The van der Waals surface area contributed by atoms with Gasteiger partial charge in [0.1, 0.15) is 0 Å². The number of carbonyl (C=O) groups excluding carboxylic acids is 1. The van der Waals surface area contributed by atoms with Crippen molar-refractivity contribution in [3.05, 3.63) is 0 Å². The highest BCUT2D eigenvalue weighted by atomic mass is 16.2. The first-order chi connectivity index (χ1) is 9.22. The van der Waals surface area contributed by atoms with E-state index in [4.69, 9.17) is 5.73 Å². The zero-order valence-corrected chi connectivity index (χ0v) is 12.7. The summed E-state index contributed by atoms with van der Waals surface area (Å²) in [5, 5.41) is 0. The van der Waals surface area contributed by atoms with Crippen LogP contribution in [-0.4, -0.2) is 54.5 Å². The minimum Gasteiger partial charge on any atom is -0.343 e. The first-order valence-corrected chi connectivity index (χ1v) is 7.94. The van der Waals surface area contributed by atoms with Crippen molar-refractivity contribution in [2.75, 3.05) is 32.7 Å². The lowest BCUT2D eigenvalue weighted by molar-refractivity contribution is -0.132. The Hall–Kier alpha value is -0.610. The molecule has 4 heteroatoms. The summed E-state index contributed by atoms with van der Waals surface area (Å²) in [6, 6.07) is 0.677. The molecule has 0 saturated carbocycles. The molecule has 1 aliphatic rings. The molecule has 1 rings (SSSR count). The Balaban J connectivity index is 2.23. The number of likely N-dealkylation sites (tertiary alicyclic amines) is 1. The molecular weight excluding hydrogens is 238 g/mol. The second kappa shape index (κ2) is 9.32. The number of carbonyl (C=O) groups is 1. The first kappa shape index (κ1) is 16.4. The molecule has 0 radical (unpaired) electrons. The Bertz CT molecular complexity index is 246. The molecule has 2 N–H and O–H groups in total. The lowest BCUT2D eigenvalue weighted by atomic mass is 10.0. The summed E-state index contributed by atoms with van der Waals surface area (Å²) in [6.07, 6.45) is 6.09. The van der Waals surface area contributed by atoms with E-state index in [9.17, 15) is 4.79 Å². The zero-order chi connectivity index (χ0) is 14.1. The van der Waals surface area contributed by atoms with Gasteiger partial charge >= 0.3 is 0 Å². The van der Waals surface area contributed by atoms with E-state index < -0.39 is 0 Å². The van der Waals surface area contributed by atoms with E-state index in [-0.39, 0.29) is 0 Å². The molecule has 0 aliphatic carbocycles. The Morgan fingerprint density at radius 1 is 1.16 bits per heavy atom. The standard InChI is InChI=1S/C15H31N3O/c1-3-17(4-2)14-9-12-18(13-10-14)15(19)8-6-5-7-11-16/h14H,3-13,16H2,1-2H3. The Kier molecular flexibility index (Phi) is 8.07. The molecule has 0 spiro atoms. The van der Waals surface area contributed by atoms with Crippen LogP contribution < -0.4 is 5.73 Å². The van der Waals surface area contributed by atoms with E-state index in [0.29, 0.717) is 18.4 Å². The maximum Gasteiger partial charge on any atom is 0.222 e. The average molecular weight is 269 g/mol. The minimum absolute atomic E-state index is 0.343. The lowest BCUT2D eigenvalue weighted by Crippen LogP contribution is -2.46. The average Bonchev–Trinajstić information content (AvgIpc) is 2.45. The van der Waals surface area contributed by atoms with Gasteiger partial charge in [-0.1, -0.05) is 20.3 Å². The Morgan fingerprint density at radius 3 is 2.32 bits per heavy atom. The molecule has 0 aromatic carbocycles. The van der Waals surface area contributed by atoms with E-state index in [2.05, 4.69) is 23.6 Å². The van der Waals surface area contributed by atoms with Crippen molar-refractivity contribution < 1.29 is 4.79 Å². The second-order valence-corrected chi connectivity index (χ2v) is 5.43. The van der Waals surface area contributed by atoms with Crippen molar-refractivity contribution >= 4 is 5.91 Å². The number of hydrogen-bond donors (Lipinski definition) is 1. The third-order valence-electron chi connectivity index (χ3n) is 4.24. The van der Waals surface area contributed by atoms with Crippen molar-refractivity contribution in [2.45, 2.75) is 58.4 Å². The molecule has 1 fully saturated rings. The van der Waals surface area contributed by atoms with E-state index in [1.54, 1.807) is 0 Å². The summed E-state index contributed by atoms with van der Waals surface area (Å²) >= 11 is 0. The lowest BCUT2D eigenvalue weighted by Gasteiger charge is -2.37. The first-order valence-electron chi connectivity index (χ1n) is 7.94. The number of hydrogen-bond acceptors (Lipinski definition) is 3. The third-order valence-corrected chi connectivity index (χ3v) is 4.24. The highest BCUT2D eigenvalue weighted by Gasteiger charge is 2.24.